The predicted molar refractivity (Wildman–Crippen MR) is 79.6 cm³/mol. The number of hydrogen-bond donors (Lipinski definition) is 0. The first-order valence-electron chi connectivity index (χ1n) is 6.50. The van der Waals surface area contributed by atoms with Gasteiger partial charge in [0.15, 0.2) is 0 Å². The minimum atomic E-state index is -0.458. The average molecular weight is 350 g/mol. The Balaban J connectivity index is 1.95. The standard InChI is InChI=1S/C14H12BrN3O3/c1-8-2-5-11(10(6-8)18(19)20)21-13-7-12(15)16-14(17-13)9-3-4-9/h2,5-7,9H,3-4H2,1H3. The number of nitro groups is 1. The van der Waals surface area contributed by atoms with Crippen LogP contribution in [0.1, 0.15) is 30.1 Å². The molecule has 1 aromatic heterocycles. The Kier molecular flexibility index (Phi) is 3.59. The maximum absolute atomic E-state index is 11.1. The smallest absolute Gasteiger partial charge is 0.311 e. The summed E-state index contributed by atoms with van der Waals surface area (Å²) in [5.41, 5.74) is 0.731. The fraction of sp³-hybridized carbons (Fsp3) is 0.286. The number of rotatable bonds is 4. The number of aryl methyl sites for hydroxylation is 1. The number of aromatic nitrogens is 2. The molecule has 0 radical (unpaired) electrons. The van der Waals surface area contributed by atoms with E-state index in [0.717, 1.165) is 18.4 Å². The monoisotopic (exact) mass is 349 g/mol. The third-order valence-corrected chi connectivity index (χ3v) is 3.56. The number of hydrogen-bond acceptors (Lipinski definition) is 5. The molecule has 0 unspecified atom stereocenters. The second-order valence-corrected chi connectivity index (χ2v) is 5.80. The van der Waals surface area contributed by atoms with Gasteiger partial charge in [0.25, 0.3) is 0 Å². The van der Waals surface area contributed by atoms with Gasteiger partial charge in [0.1, 0.15) is 10.4 Å². The van der Waals surface area contributed by atoms with Crippen molar-refractivity contribution >= 4 is 21.6 Å². The first-order valence-corrected chi connectivity index (χ1v) is 7.29. The Hall–Kier alpha value is -2.02. The molecule has 1 fully saturated rings. The van der Waals surface area contributed by atoms with Crippen molar-refractivity contribution in [2.24, 2.45) is 0 Å². The number of ether oxygens (including phenoxy) is 1. The summed E-state index contributed by atoms with van der Waals surface area (Å²) >= 11 is 3.32. The summed E-state index contributed by atoms with van der Waals surface area (Å²) in [6.45, 7) is 1.79. The van der Waals surface area contributed by atoms with E-state index in [4.69, 9.17) is 4.74 Å². The topological polar surface area (TPSA) is 78.2 Å². The van der Waals surface area contributed by atoms with Crippen molar-refractivity contribution in [1.29, 1.82) is 0 Å². The van der Waals surface area contributed by atoms with E-state index < -0.39 is 4.92 Å². The fourth-order valence-electron chi connectivity index (χ4n) is 1.96. The van der Waals surface area contributed by atoms with E-state index in [1.54, 1.807) is 25.1 Å². The van der Waals surface area contributed by atoms with Crippen LogP contribution in [0.3, 0.4) is 0 Å². The average Bonchev–Trinajstić information content (AvgIpc) is 3.24. The van der Waals surface area contributed by atoms with E-state index in [9.17, 15) is 10.1 Å². The third-order valence-electron chi connectivity index (χ3n) is 3.16. The van der Waals surface area contributed by atoms with Gasteiger partial charge in [0, 0.05) is 18.1 Å². The zero-order chi connectivity index (χ0) is 15.0. The molecule has 0 amide bonds. The van der Waals surface area contributed by atoms with Gasteiger partial charge in [-0.2, -0.15) is 4.98 Å². The van der Waals surface area contributed by atoms with Gasteiger partial charge in [-0.1, -0.05) is 6.07 Å². The van der Waals surface area contributed by atoms with Crippen molar-refractivity contribution in [3.05, 3.63) is 50.4 Å². The van der Waals surface area contributed by atoms with Crippen LogP contribution in [0.4, 0.5) is 5.69 Å². The van der Waals surface area contributed by atoms with Gasteiger partial charge in [-0.25, -0.2) is 4.98 Å². The molecular weight excluding hydrogens is 338 g/mol. The van der Waals surface area contributed by atoms with Crippen LogP contribution in [-0.2, 0) is 0 Å². The van der Waals surface area contributed by atoms with Crippen molar-refractivity contribution in [2.75, 3.05) is 0 Å². The summed E-state index contributed by atoms with van der Waals surface area (Å²) in [4.78, 5) is 19.3. The summed E-state index contributed by atoms with van der Waals surface area (Å²) in [6, 6.07) is 6.43. The summed E-state index contributed by atoms with van der Waals surface area (Å²) in [7, 11) is 0. The Morgan fingerprint density at radius 2 is 2.10 bits per heavy atom. The maximum atomic E-state index is 11.1. The van der Waals surface area contributed by atoms with E-state index in [0.29, 0.717) is 22.2 Å². The number of halogens is 1. The SMILES string of the molecule is Cc1ccc(Oc2cc(Br)nc(C3CC3)n2)c([N+](=O)[O-])c1. The molecule has 2 aromatic rings. The molecular formula is C14H12BrN3O3. The van der Waals surface area contributed by atoms with E-state index in [2.05, 4.69) is 25.9 Å². The Morgan fingerprint density at radius 1 is 1.33 bits per heavy atom. The van der Waals surface area contributed by atoms with Gasteiger partial charge in [-0.05, 0) is 47.3 Å². The van der Waals surface area contributed by atoms with Crippen molar-refractivity contribution in [3.63, 3.8) is 0 Å². The summed E-state index contributed by atoms with van der Waals surface area (Å²) in [6.07, 6.45) is 2.14. The minimum Gasteiger partial charge on any atom is -0.432 e. The van der Waals surface area contributed by atoms with Crippen molar-refractivity contribution in [1.82, 2.24) is 9.97 Å². The summed E-state index contributed by atoms with van der Waals surface area (Å²) in [5.74, 6) is 1.58. The van der Waals surface area contributed by atoms with Crippen LogP contribution < -0.4 is 4.74 Å². The van der Waals surface area contributed by atoms with Crippen molar-refractivity contribution < 1.29 is 9.66 Å². The van der Waals surface area contributed by atoms with Gasteiger partial charge in [-0.15, -0.1) is 0 Å². The van der Waals surface area contributed by atoms with Gasteiger partial charge in [0.2, 0.25) is 11.6 Å². The lowest BCUT2D eigenvalue weighted by Crippen LogP contribution is -1.99. The third kappa shape index (κ3) is 3.18. The highest BCUT2D eigenvalue weighted by molar-refractivity contribution is 9.10. The second kappa shape index (κ2) is 5.40. The van der Waals surface area contributed by atoms with Gasteiger partial charge in [0.05, 0.1) is 4.92 Å². The first kappa shape index (κ1) is 13.9. The molecule has 108 valence electrons. The van der Waals surface area contributed by atoms with E-state index >= 15 is 0 Å². The Morgan fingerprint density at radius 3 is 2.76 bits per heavy atom. The van der Waals surface area contributed by atoms with Gasteiger partial charge < -0.3 is 4.74 Å². The van der Waals surface area contributed by atoms with Crippen LogP contribution in [0.15, 0.2) is 28.9 Å². The van der Waals surface area contributed by atoms with E-state index in [-0.39, 0.29) is 11.4 Å². The molecule has 7 heteroatoms. The molecule has 0 N–H and O–H groups in total. The minimum absolute atomic E-state index is 0.0716. The first-order chi connectivity index (χ1) is 10.0. The summed E-state index contributed by atoms with van der Waals surface area (Å²) in [5, 5.41) is 11.1. The lowest BCUT2D eigenvalue weighted by molar-refractivity contribution is -0.385. The molecule has 21 heavy (non-hydrogen) atoms. The maximum Gasteiger partial charge on any atom is 0.311 e. The molecule has 0 atom stereocenters. The van der Waals surface area contributed by atoms with Crippen LogP contribution in [0.25, 0.3) is 0 Å². The van der Waals surface area contributed by atoms with Crippen molar-refractivity contribution in [3.8, 4) is 11.6 Å². The van der Waals surface area contributed by atoms with Crippen LogP contribution in [0, 0.1) is 17.0 Å². The number of nitrogens with zero attached hydrogens (tertiary/aromatic N) is 3. The zero-order valence-electron chi connectivity index (χ0n) is 11.2. The molecule has 0 spiro atoms. The summed E-state index contributed by atoms with van der Waals surface area (Å²) < 4.78 is 6.22. The van der Waals surface area contributed by atoms with Crippen LogP contribution in [0.5, 0.6) is 11.6 Å². The molecule has 1 aliphatic rings. The molecule has 1 saturated carbocycles. The second-order valence-electron chi connectivity index (χ2n) is 4.99. The molecule has 1 aliphatic carbocycles. The highest BCUT2D eigenvalue weighted by Crippen LogP contribution is 2.40. The van der Waals surface area contributed by atoms with Crippen molar-refractivity contribution in [2.45, 2.75) is 25.7 Å². The molecule has 6 nitrogen and oxygen atoms in total. The number of nitro benzene ring substituents is 1. The molecule has 3 rings (SSSR count). The highest BCUT2D eigenvalue weighted by Gasteiger charge is 2.27. The Labute approximate surface area is 129 Å². The predicted octanol–water partition coefficient (Wildman–Crippen LogP) is 4.13. The molecule has 1 aromatic carbocycles. The molecule has 0 saturated heterocycles. The largest absolute Gasteiger partial charge is 0.432 e. The van der Waals surface area contributed by atoms with E-state index in [1.807, 2.05) is 0 Å². The van der Waals surface area contributed by atoms with E-state index in [1.165, 1.54) is 6.07 Å². The highest BCUT2D eigenvalue weighted by atomic mass is 79.9. The Bertz CT molecular complexity index is 717. The fourth-order valence-corrected chi connectivity index (χ4v) is 2.34. The van der Waals surface area contributed by atoms with Crippen LogP contribution >= 0.6 is 15.9 Å². The van der Waals surface area contributed by atoms with Gasteiger partial charge in [-0.3, -0.25) is 10.1 Å². The molecule has 0 bridgehead atoms. The number of benzene rings is 1. The van der Waals surface area contributed by atoms with Gasteiger partial charge >= 0.3 is 5.69 Å². The lowest BCUT2D eigenvalue weighted by atomic mass is 10.2. The normalized spacial score (nSPS) is 14.0. The van der Waals surface area contributed by atoms with Crippen LogP contribution in [0.2, 0.25) is 0 Å². The lowest BCUT2D eigenvalue weighted by Gasteiger charge is -2.07. The zero-order valence-corrected chi connectivity index (χ0v) is 12.8. The van der Waals surface area contributed by atoms with Crippen LogP contribution in [-0.4, -0.2) is 14.9 Å². The quantitative estimate of drug-likeness (QED) is 0.471. The molecule has 1 heterocycles. The molecule has 0 aliphatic heterocycles.